The van der Waals surface area contributed by atoms with E-state index in [1.165, 1.54) is 0 Å². The number of morpholine rings is 1. The normalized spacial score (nSPS) is 14.1. The molecule has 2 aromatic heterocycles. The lowest BCUT2D eigenvalue weighted by atomic mass is 10.1. The minimum atomic E-state index is 0.510. The van der Waals surface area contributed by atoms with Gasteiger partial charge >= 0.3 is 0 Å². The van der Waals surface area contributed by atoms with E-state index in [1.807, 2.05) is 36.4 Å². The van der Waals surface area contributed by atoms with Gasteiger partial charge in [0.1, 0.15) is 17.3 Å². The Kier molecular flexibility index (Phi) is 5.90. The number of ether oxygens (including phenoxy) is 2. The van der Waals surface area contributed by atoms with Gasteiger partial charge in [-0.05, 0) is 18.6 Å². The molecule has 0 amide bonds. The monoisotopic (exact) mass is 395 g/mol. The molecule has 8 nitrogen and oxygen atoms in total. The Morgan fingerprint density at radius 1 is 1.10 bits per heavy atom. The third-order valence-corrected chi connectivity index (χ3v) is 4.79. The molecule has 3 aromatic rings. The molecule has 0 aliphatic carbocycles. The molecule has 1 aromatic carbocycles. The van der Waals surface area contributed by atoms with Crippen LogP contribution < -0.4 is 15.0 Å². The summed E-state index contributed by atoms with van der Waals surface area (Å²) in [5.74, 6) is 3.01. The van der Waals surface area contributed by atoms with Crippen LogP contribution in [-0.4, -0.2) is 48.5 Å². The van der Waals surface area contributed by atoms with Crippen molar-refractivity contribution in [2.75, 3.05) is 43.6 Å². The number of methoxy groups -OCH3 is 1. The molecule has 1 saturated heterocycles. The van der Waals surface area contributed by atoms with Gasteiger partial charge in [0.25, 0.3) is 0 Å². The Bertz CT molecular complexity index is 953. The van der Waals surface area contributed by atoms with Gasteiger partial charge in [-0.1, -0.05) is 24.2 Å². The van der Waals surface area contributed by atoms with Crippen LogP contribution in [0, 0.1) is 0 Å². The number of nitrogens with one attached hydrogen (secondary N) is 1. The van der Waals surface area contributed by atoms with Crippen LogP contribution in [0.2, 0.25) is 0 Å². The Balaban J connectivity index is 1.46. The maximum absolute atomic E-state index is 5.50. The highest BCUT2D eigenvalue weighted by Crippen LogP contribution is 2.25. The predicted octanol–water partition coefficient (Wildman–Crippen LogP) is 3.15. The van der Waals surface area contributed by atoms with Crippen LogP contribution in [0.5, 0.6) is 5.75 Å². The molecule has 0 unspecified atom stereocenters. The summed E-state index contributed by atoms with van der Waals surface area (Å²) in [6, 6.07) is 11.6. The van der Waals surface area contributed by atoms with E-state index in [1.54, 1.807) is 7.11 Å². The van der Waals surface area contributed by atoms with E-state index >= 15 is 0 Å². The lowest BCUT2D eigenvalue weighted by Crippen LogP contribution is -2.37. The molecule has 8 heteroatoms. The van der Waals surface area contributed by atoms with Crippen molar-refractivity contribution in [3.05, 3.63) is 47.8 Å². The maximum Gasteiger partial charge on any atom is 0.227 e. The first-order valence-corrected chi connectivity index (χ1v) is 9.79. The van der Waals surface area contributed by atoms with E-state index in [0.717, 1.165) is 54.0 Å². The molecule has 0 radical (unpaired) electrons. The Morgan fingerprint density at radius 3 is 2.76 bits per heavy atom. The fraction of sp³-hybridized carbons (Fsp3) is 0.381. The minimum absolute atomic E-state index is 0.510. The van der Waals surface area contributed by atoms with Crippen LogP contribution in [0.3, 0.4) is 0 Å². The fourth-order valence-corrected chi connectivity index (χ4v) is 3.15. The molecule has 0 spiro atoms. The van der Waals surface area contributed by atoms with Crippen molar-refractivity contribution in [2.24, 2.45) is 0 Å². The zero-order valence-electron chi connectivity index (χ0n) is 16.7. The van der Waals surface area contributed by atoms with Gasteiger partial charge in [0.05, 0.1) is 26.9 Å². The number of aryl methyl sites for hydroxylation is 1. The largest absolute Gasteiger partial charge is 0.497 e. The van der Waals surface area contributed by atoms with E-state index < -0.39 is 0 Å². The highest BCUT2D eigenvalue weighted by molar-refractivity contribution is 5.59. The first-order valence-electron chi connectivity index (χ1n) is 9.79. The van der Waals surface area contributed by atoms with Crippen LogP contribution in [-0.2, 0) is 17.7 Å². The van der Waals surface area contributed by atoms with E-state index in [4.69, 9.17) is 14.0 Å². The molecule has 1 aliphatic heterocycles. The summed E-state index contributed by atoms with van der Waals surface area (Å²) in [6.45, 7) is 5.62. The van der Waals surface area contributed by atoms with Gasteiger partial charge in [0, 0.05) is 36.5 Å². The molecule has 0 saturated carbocycles. The van der Waals surface area contributed by atoms with Crippen molar-refractivity contribution < 1.29 is 14.0 Å². The Labute approximate surface area is 169 Å². The highest BCUT2D eigenvalue weighted by atomic mass is 16.5. The maximum atomic E-state index is 5.50. The van der Waals surface area contributed by atoms with Gasteiger partial charge < -0.3 is 24.2 Å². The first kappa shape index (κ1) is 19.2. The van der Waals surface area contributed by atoms with E-state index in [-0.39, 0.29) is 0 Å². The van der Waals surface area contributed by atoms with Crippen molar-refractivity contribution in [3.63, 3.8) is 0 Å². The number of rotatable bonds is 7. The van der Waals surface area contributed by atoms with Gasteiger partial charge in [0.15, 0.2) is 5.76 Å². The standard InChI is InChI=1S/C21H25N5O3/c1-3-16-13-20(24-21(23-16)26-7-9-28-10-8-26)22-14-17-12-19(29-25-17)15-5-4-6-18(11-15)27-2/h4-6,11-13H,3,7-10,14H2,1-2H3,(H,22,23,24). The molecule has 1 N–H and O–H groups in total. The topological polar surface area (TPSA) is 85.5 Å². The van der Waals surface area contributed by atoms with Gasteiger partial charge in [-0.15, -0.1) is 0 Å². The van der Waals surface area contributed by atoms with Crippen LogP contribution >= 0.6 is 0 Å². The number of aromatic nitrogens is 3. The zero-order valence-corrected chi connectivity index (χ0v) is 16.7. The van der Waals surface area contributed by atoms with Crippen LogP contribution in [0.4, 0.5) is 11.8 Å². The third-order valence-electron chi connectivity index (χ3n) is 4.79. The van der Waals surface area contributed by atoms with Crippen molar-refractivity contribution in [3.8, 4) is 17.1 Å². The zero-order chi connectivity index (χ0) is 20.1. The Morgan fingerprint density at radius 2 is 1.97 bits per heavy atom. The number of nitrogens with zero attached hydrogens (tertiary/aromatic N) is 4. The van der Waals surface area contributed by atoms with Crippen LogP contribution in [0.1, 0.15) is 18.3 Å². The smallest absolute Gasteiger partial charge is 0.227 e. The molecule has 3 heterocycles. The first-order chi connectivity index (χ1) is 14.2. The van der Waals surface area contributed by atoms with Gasteiger partial charge in [0.2, 0.25) is 5.95 Å². The summed E-state index contributed by atoms with van der Waals surface area (Å²) < 4.78 is 16.2. The number of benzene rings is 1. The number of hydrogen-bond donors (Lipinski definition) is 1. The number of hydrogen-bond acceptors (Lipinski definition) is 8. The van der Waals surface area contributed by atoms with E-state index in [0.29, 0.717) is 25.5 Å². The molecule has 0 bridgehead atoms. The molecule has 0 atom stereocenters. The predicted molar refractivity (Wildman–Crippen MR) is 110 cm³/mol. The summed E-state index contributed by atoms with van der Waals surface area (Å²) in [5, 5.41) is 7.52. The quantitative estimate of drug-likeness (QED) is 0.653. The summed E-state index contributed by atoms with van der Waals surface area (Å²) in [6.07, 6.45) is 0.846. The van der Waals surface area contributed by atoms with Crippen molar-refractivity contribution in [2.45, 2.75) is 19.9 Å². The average molecular weight is 395 g/mol. The number of anilines is 2. The average Bonchev–Trinajstić information content (AvgIpc) is 3.27. The van der Waals surface area contributed by atoms with Gasteiger partial charge in [-0.2, -0.15) is 4.98 Å². The van der Waals surface area contributed by atoms with Crippen molar-refractivity contribution in [1.29, 1.82) is 0 Å². The third kappa shape index (κ3) is 4.65. The molecular weight excluding hydrogens is 370 g/mol. The summed E-state index contributed by atoms with van der Waals surface area (Å²) in [5.41, 5.74) is 2.72. The van der Waals surface area contributed by atoms with Crippen molar-refractivity contribution in [1.82, 2.24) is 15.1 Å². The lowest BCUT2D eigenvalue weighted by molar-refractivity contribution is 0.122. The Hall–Kier alpha value is -3.13. The summed E-state index contributed by atoms with van der Waals surface area (Å²) in [4.78, 5) is 11.5. The van der Waals surface area contributed by atoms with Crippen molar-refractivity contribution >= 4 is 11.8 Å². The minimum Gasteiger partial charge on any atom is -0.497 e. The molecular formula is C21H25N5O3. The second-order valence-corrected chi connectivity index (χ2v) is 6.77. The lowest BCUT2D eigenvalue weighted by Gasteiger charge is -2.27. The van der Waals surface area contributed by atoms with E-state index in [2.05, 4.69) is 32.3 Å². The summed E-state index contributed by atoms with van der Waals surface area (Å²) >= 11 is 0. The molecule has 4 rings (SSSR count). The van der Waals surface area contributed by atoms with Gasteiger partial charge in [-0.25, -0.2) is 4.98 Å². The highest BCUT2D eigenvalue weighted by Gasteiger charge is 2.16. The summed E-state index contributed by atoms with van der Waals surface area (Å²) in [7, 11) is 1.65. The SMILES string of the molecule is CCc1cc(NCc2cc(-c3cccc(OC)c3)on2)nc(N2CCOCC2)n1. The second-order valence-electron chi connectivity index (χ2n) is 6.77. The van der Waals surface area contributed by atoms with Gasteiger partial charge in [-0.3, -0.25) is 0 Å². The van der Waals surface area contributed by atoms with E-state index in [9.17, 15) is 0 Å². The second kappa shape index (κ2) is 8.91. The molecule has 152 valence electrons. The molecule has 29 heavy (non-hydrogen) atoms. The fourth-order valence-electron chi connectivity index (χ4n) is 3.15. The van der Waals surface area contributed by atoms with Crippen LogP contribution in [0.15, 0.2) is 40.9 Å². The molecule has 1 aliphatic rings. The van der Waals surface area contributed by atoms with Crippen LogP contribution in [0.25, 0.3) is 11.3 Å². The molecule has 1 fully saturated rings.